The number of sulfone groups is 1. The van der Waals surface area contributed by atoms with E-state index < -0.39 is 15.3 Å². The van der Waals surface area contributed by atoms with Crippen molar-refractivity contribution < 1.29 is 12.8 Å². The van der Waals surface area contributed by atoms with Crippen LogP contribution in [0.2, 0.25) is 10.0 Å². The minimum absolute atomic E-state index is 0.00236. The van der Waals surface area contributed by atoms with Crippen molar-refractivity contribution in [2.75, 3.05) is 6.26 Å². The van der Waals surface area contributed by atoms with E-state index in [0.29, 0.717) is 32.9 Å². The molecule has 4 rings (SSSR count). The van der Waals surface area contributed by atoms with Crippen LogP contribution in [0.3, 0.4) is 0 Å². The number of aromatic nitrogens is 4. The fourth-order valence-corrected chi connectivity index (χ4v) is 4.99. The maximum atomic E-state index is 13.1. The predicted octanol–water partition coefficient (Wildman–Crippen LogP) is 6.36. The van der Waals surface area contributed by atoms with Crippen molar-refractivity contribution in [3.05, 3.63) is 62.9 Å². The first kappa shape index (κ1) is 23.9. The zero-order valence-electron chi connectivity index (χ0n) is 18.1. The van der Waals surface area contributed by atoms with E-state index >= 15 is 0 Å². The fourth-order valence-electron chi connectivity index (χ4n) is 3.21. The normalized spacial score (nSPS) is 12.3. The van der Waals surface area contributed by atoms with Crippen molar-refractivity contribution >= 4 is 49.0 Å². The zero-order chi connectivity index (χ0) is 24.1. The number of hydrogen-bond acceptors (Lipinski definition) is 6. The Labute approximate surface area is 209 Å². The van der Waals surface area contributed by atoms with Crippen LogP contribution in [0.1, 0.15) is 26.7 Å². The van der Waals surface area contributed by atoms with Crippen LogP contribution in [-0.2, 0) is 15.3 Å². The molecule has 11 heteroatoms. The number of hydrogen-bond donors (Lipinski definition) is 0. The molecule has 0 fully saturated rings. The molecule has 7 nitrogen and oxygen atoms in total. The van der Waals surface area contributed by atoms with Crippen molar-refractivity contribution in [2.24, 2.45) is 0 Å². The van der Waals surface area contributed by atoms with Crippen LogP contribution in [0, 0.1) is 0 Å². The lowest BCUT2D eigenvalue weighted by Gasteiger charge is -2.11. The summed E-state index contributed by atoms with van der Waals surface area (Å²) in [6.45, 7) is 5.75. The summed E-state index contributed by atoms with van der Waals surface area (Å²) in [6.07, 6.45) is 1.12. The molecule has 0 spiro atoms. The average molecular weight is 570 g/mol. The van der Waals surface area contributed by atoms with E-state index in [-0.39, 0.29) is 16.5 Å². The topological polar surface area (TPSA) is 90.9 Å². The first-order chi connectivity index (χ1) is 15.4. The van der Waals surface area contributed by atoms with Gasteiger partial charge in [0.2, 0.25) is 5.89 Å². The number of benzene rings is 2. The summed E-state index contributed by atoms with van der Waals surface area (Å²) in [5, 5.41) is 13.5. The Morgan fingerprint density at radius 2 is 1.70 bits per heavy atom. The van der Waals surface area contributed by atoms with Crippen LogP contribution < -0.4 is 0 Å². The van der Waals surface area contributed by atoms with Crippen LogP contribution in [0.5, 0.6) is 0 Å². The summed E-state index contributed by atoms with van der Waals surface area (Å²) in [7, 11) is -3.80. The molecule has 0 amide bonds. The second kappa shape index (κ2) is 8.54. The zero-order valence-corrected chi connectivity index (χ0v) is 22.0. The molecular weight excluding hydrogens is 551 g/mol. The van der Waals surface area contributed by atoms with E-state index in [9.17, 15) is 8.42 Å². The monoisotopic (exact) mass is 568 g/mol. The molecule has 2 heterocycles. The third-order valence-electron chi connectivity index (χ3n) is 4.74. The molecule has 0 saturated heterocycles. The molecule has 0 N–H and O–H groups in total. The highest BCUT2D eigenvalue weighted by Gasteiger charge is 2.32. The lowest BCUT2D eigenvalue weighted by molar-refractivity contribution is 0.398. The van der Waals surface area contributed by atoms with E-state index in [1.54, 1.807) is 30.3 Å². The molecule has 0 atom stereocenters. The van der Waals surface area contributed by atoms with Gasteiger partial charge in [0.1, 0.15) is 4.90 Å². The van der Waals surface area contributed by atoms with Gasteiger partial charge in [-0.15, -0.1) is 10.2 Å². The fraction of sp³-hybridized carbons (Fsp3) is 0.227. The number of rotatable bonds is 4. The third-order valence-corrected chi connectivity index (χ3v) is 6.93. The van der Waals surface area contributed by atoms with Crippen LogP contribution in [0.25, 0.3) is 28.5 Å². The van der Waals surface area contributed by atoms with Crippen molar-refractivity contribution in [2.45, 2.75) is 31.1 Å². The summed E-state index contributed by atoms with van der Waals surface area (Å²) in [5.41, 5.74) is 1.00. The Bertz CT molecular complexity index is 1460. The van der Waals surface area contributed by atoms with E-state index in [1.165, 1.54) is 4.68 Å². The molecule has 0 bridgehead atoms. The van der Waals surface area contributed by atoms with Gasteiger partial charge < -0.3 is 4.42 Å². The molecule has 33 heavy (non-hydrogen) atoms. The Morgan fingerprint density at radius 1 is 1.03 bits per heavy atom. The Morgan fingerprint density at radius 3 is 2.24 bits per heavy atom. The molecule has 0 aliphatic rings. The summed E-state index contributed by atoms with van der Waals surface area (Å²) < 4.78 is 34.3. The minimum atomic E-state index is -3.80. The van der Waals surface area contributed by atoms with E-state index in [2.05, 4.69) is 31.2 Å². The van der Waals surface area contributed by atoms with Crippen molar-refractivity contribution in [1.29, 1.82) is 0 Å². The van der Waals surface area contributed by atoms with E-state index in [4.69, 9.17) is 27.6 Å². The molecule has 0 aliphatic heterocycles. The van der Waals surface area contributed by atoms with Crippen molar-refractivity contribution in [1.82, 2.24) is 20.0 Å². The summed E-state index contributed by atoms with van der Waals surface area (Å²) >= 11 is 16.0. The SMILES string of the molecule is CC(C)(C)c1nnc(-c2nn(-c3ccc(Cl)cc3Cl)c(-c3ccc(Br)cc3)c2S(C)(=O)=O)o1. The molecule has 0 saturated carbocycles. The van der Waals surface area contributed by atoms with Gasteiger partial charge >= 0.3 is 0 Å². The number of nitrogens with zero attached hydrogens (tertiary/aromatic N) is 4. The Balaban J connectivity index is 2.10. The van der Waals surface area contributed by atoms with Crippen LogP contribution in [0.15, 0.2) is 56.2 Å². The Hall–Kier alpha value is -2.20. The smallest absolute Gasteiger partial charge is 0.269 e. The summed E-state index contributed by atoms with van der Waals surface area (Å²) in [5.74, 6) is 0.365. The van der Waals surface area contributed by atoms with E-state index in [1.807, 2.05) is 32.9 Å². The molecule has 172 valence electrons. The molecule has 0 unspecified atom stereocenters. The highest BCUT2D eigenvalue weighted by atomic mass is 79.9. The average Bonchev–Trinajstić information content (AvgIpc) is 3.33. The Kier molecular flexibility index (Phi) is 6.20. The van der Waals surface area contributed by atoms with Gasteiger partial charge in [0.15, 0.2) is 15.5 Å². The van der Waals surface area contributed by atoms with Gasteiger partial charge in [-0.3, -0.25) is 0 Å². The summed E-state index contributed by atoms with van der Waals surface area (Å²) in [4.78, 5) is -0.0417. The molecule has 0 radical (unpaired) electrons. The first-order valence-corrected chi connectivity index (χ1v) is 13.2. The highest BCUT2D eigenvalue weighted by molar-refractivity contribution is 9.10. The second-order valence-electron chi connectivity index (χ2n) is 8.48. The lowest BCUT2D eigenvalue weighted by Crippen LogP contribution is -2.11. The molecule has 2 aromatic heterocycles. The van der Waals surface area contributed by atoms with Crippen LogP contribution >= 0.6 is 39.1 Å². The van der Waals surface area contributed by atoms with Gasteiger partial charge in [0.05, 0.1) is 16.4 Å². The largest absolute Gasteiger partial charge is 0.419 e. The lowest BCUT2D eigenvalue weighted by atomic mass is 9.97. The van der Waals surface area contributed by atoms with Crippen molar-refractivity contribution in [3.63, 3.8) is 0 Å². The predicted molar refractivity (Wildman–Crippen MR) is 132 cm³/mol. The highest BCUT2D eigenvalue weighted by Crippen LogP contribution is 2.39. The van der Waals surface area contributed by atoms with E-state index in [0.717, 1.165) is 10.7 Å². The first-order valence-electron chi connectivity index (χ1n) is 9.75. The van der Waals surface area contributed by atoms with Gasteiger partial charge in [-0.05, 0) is 30.3 Å². The van der Waals surface area contributed by atoms with Gasteiger partial charge in [-0.1, -0.05) is 72.0 Å². The third kappa shape index (κ3) is 4.73. The van der Waals surface area contributed by atoms with Gasteiger partial charge in [-0.25, -0.2) is 13.1 Å². The van der Waals surface area contributed by atoms with Gasteiger partial charge in [0, 0.05) is 26.7 Å². The van der Waals surface area contributed by atoms with Crippen LogP contribution in [-0.4, -0.2) is 34.7 Å². The molecular formula is C22H19BrCl2N4O3S. The maximum Gasteiger partial charge on any atom is 0.269 e. The van der Waals surface area contributed by atoms with Gasteiger partial charge in [-0.2, -0.15) is 5.10 Å². The second-order valence-corrected chi connectivity index (χ2v) is 12.2. The maximum absolute atomic E-state index is 13.1. The number of halogens is 3. The molecule has 2 aromatic carbocycles. The molecule has 0 aliphatic carbocycles. The van der Waals surface area contributed by atoms with Crippen LogP contribution in [0.4, 0.5) is 0 Å². The standard InChI is InChI=1S/C22H19BrCl2N4O3S/c1-22(2,3)21-27-26-20(32-21)17-19(33(4,30)31)18(12-5-7-13(23)8-6-12)29(28-17)16-10-9-14(24)11-15(16)25/h5-11H,1-4H3. The van der Waals surface area contributed by atoms with Gasteiger partial charge in [0.25, 0.3) is 5.89 Å². The quantitative estimate of drug-likeness (QED) is 0.284. The molecule has 4 aromatic rings. The minimum Gasteiger partial charge on any atom is -0.419 e. The summed E-state index contributed by atoms with van der Waals surface area (Å²) in [6, 6.07) is 12.1. The van der Waals surface area contributed by atoms with Crippen molar-refractivity contribution in [3.8, 4) is 28.5 Å².